The van der Waals surface area contributed by atoms with E-state index >= 15 is 0 Å². The molecule has 1 aromatic rings. The van der Waals surface area contributed by atoms with Gasteiger partial charge in [-0.3, -0.25) is 4.79 Å². The van der Waals surface area contributed by atoms with Crippen LogP contribution in [0.4, 0.5) is 18.9 Å². The van der Waals surface area contributed by atoms with Gasteiger partial charge in [-0.15, -0.1) is 0 Å². The first-order valence-corrected chi connectivity index (χ1v) is 5.03. The molecule has 1 heterocycles. The zero-order chi connectivity index (χ0) is 12.6. The van der Waals surface area contributed by atoms with Gasteiger partial charge < -0.3 is 10.0 Å². The second-order valence-electron chi connectivity index (χ2n) is 3.98. The van der Waals surface area contributed by atoms with E-state index < -0.39 is 23.6 Å². The van der Waals surface area contributed by atoms with Crippen LogP contribution in [0.15, 0.2) is 24.3 Å². The minimum absolute atomic E-state index is 0.348. The van der Waals surface area contributed by atoms with Crippen LogP contribution in [0.5, 0.6) is 0 Å². The minimum Gasteiger partial charge on any atom is -0.481 e. The Morgan fingerprint density at radius 2 is 1.76 bits per heavy atom. The number of aliphatic carboxylic acids is 1. The molecule has 1 N–H and O–H groups in total. The summed E-state index contributed by atoms with van der Waals surface area (Å²) in [5.41, 5.74) is -0.0768. The number of carbonyl (C=O) groups is 1. The van der Waals surface area contributed by atoms with Crippen molar-refractivity contribution in [3.8, 4) is 0 Å². The SMILES string of the molecule is O=C(O)C1CN(c2ccc(C(F)(F)F)cc2)C1. The van der Waals surface area contributed by atoms with Crippen molar-refractivity contribution in [3.05, 3.63) is 29.8 Å². The molecule has 0 aliphatic carbocycles. The number of nitrogens with zero attached hydrogens (tertiary/aromatic N) is 1. The number of rotatable bonds is 2. The molecule has 0 aromatic heterocycles. The highest BCUT2D eigenvalue weighted by Gasteiger charge is 2.34. The van der Waals surface area contributed by atoms with Crippen LogP contribution in [-0.4, -0.2) is 24.2 Å². The highest BCUT2D eigenvalue weighted by molar-refractivity contribution is 5.74. The molecule has 1 fully saturated rings. The maximum Gasteiger partial charge on any atom is 0.416 e. The second-order valence-corrected chi connectivity index (χ2v) is 3.98. The topological polar surface area (TPSA) is 40.5 Å². The van der Waals surface area contributed by atoms with Gasteiger partial charge in [-0.2, -0.15) is 13.2 Å². The fraction of sp³-hybridized carbons (Fsp3) is 0.364. The number of benzene rings is 1. The van der Waals surface area contributed by atoms with Crippen LogP contribution in [-0.2, 0) is 11.0 Å². The van der Waals surface area contributed by atoms with Gasteiger partial charge in [0.05, 0.1) is 11.5 Å². The highest BCUT2D eigenvalue weighted by atomic mass is 19.4. The third-order valence-corrected chi connectivity index (χ3v) is 2.79. The zero-order valence-corrected chi connectivity index (χ0v) is 8.74. The first-order chi connectivity index (χ1) is 7.88. The quantitative estimate of drug-likeness (QED) is 0.868. The predicted molar refractivity (Wildman–Crippen MR) is 54.8 cm³/mol. The fourth-order valence-electron chi connectivity index (χ4n) is 1.71. The molecule has 0 radical (unpaired) electrons. The van der Waals surface area contributed by atoms with E-state index in [1.807, 2.05) is 0 Å². The third-order valence-electron chi connectivity index (χ3n) is 2.79. The molecule has 6 heteroatoms. The number of hydrogen-bond acceptors (Lipinski definition) is 2. The molecule has 92 valence electrons. The maximum atomic E-state index is 12.3. The monoisotopic (exact) mass is 245 g/mol. The molecule has 0 bridgehead atoms. The van der Waals surface area contributed by atoms with Crippen molar-refractivity contribution in [2.75, 3.05) is 18.0 Å². The van der Waals surface area contributed by atoms with Crippen LogP contribution in [0.1, 0.15) is 5.56 Å². The third kappa shape index (κ3) is 2.35. The summed E-state index contributed by atoms with van der Waals surface area (Å²) in [6, 6.07) is 4.73. The van der Waals surface area contributed by atoms with Gasteiger partial charge in [0.15, 0.2) is 0 Å². The number of carboxylic acid groups (broad SMARTS) is 1. The van der Waals surface area contributed by atoms with Crippen molar-refractivity contribution in [2.45, 2.75) is 6.18 Å². The molecule has 0 spiro atoms. The van der Waals surface area contributed by atoms with E-state index in [2.05, 4.69) is 0 Å². The number of hydrogen-bond donors (Lipinski definition) is 1. The Morgan fingerprint density at radius 1 is 1.24 bits per heavy atom. The van der Waals surface area contributed by atoms with Crippen molar-refractivity contribution in [1.29, 1.82) is 0 Å². The molecule has 2 rings (SSSR count). The Balaban J connectivity index is 2.03. The number of halogens is 3. The summed E-state index contributed by atoms with van der Waals surface area (Å²) in [5.74, 6) is -1.29. The first kappa shape index (κ1) is 11.8. The molecule has 3 nitrogen and oxygen atoms in total. The summed E-state index contributed by atoms with van der Waals surface area (Å²) >= 11 is 0. The van der Waals surface area contributed by atoms with Crippen molar-refractivity contribution in [1.82, 2.24) is 0 Å². The van der Waals surface area contributed by atoms with Crippen molar-refractivity contribution >= 4 is 11.7 Å². The van der Waals surface area contributed by atoms with Crippen LogP contribution in [0.2, 0.25) is 0 Å². The average Bonchev–Trinajstić information content (AvgIpc) is 2.14. The van der Waals surface area contributed by atoms with Gasteiger partial charge in [0.25, 0.3) is 0 Å². The second kappa shape index (κ2) is 3.94. The minimum atomic E-state index is -4.34. The molecule has 0 atom stereocenters. The summed E-state index contributed by atoms with van der Waals surface area (Å²) in [7, 11) is 0. The van der Waals surface area contributed by atoms with Gasteiger partial charge in [0.1, 0.15) is 0 Å². The van der Waals surface area contributed by atoms with Crippen LogP contribution >= 0.6 is 0 Å². The predicted octanol–water partition coefficient (Wildman–Crippen LogP) is 2.23. The van der Waals surface area contributed by atoms with Crippen LogP contribution < -0.4 is 4.90 Å². The van der Waals surface area contributed by atoms with Crippen molar-refractivity contribution in [3.63, 3.8) is 0 Å². The molecular weight excluding hydrogens is 235 g/mol. The van der Waals surface area contributed by atoms with Crippen molar-refractivity contribution < 1.29 is 23.1 Å². The summed E-state index contributed by atoms with van der Waals surface area (Å²) in [6.07, 6.45) is -4.34. The summed E-state index contributed by atoms with van der Waals surface area (Å²) in [5, 5.41) is 8.67. The Labute approximate surface area is 95.5 Å². The van der Waals surface area contributed by atoms with Gasteiger partial charge in [0, 0.05) is 18.8 Å². The summed E-state index contributed by atoms with van der Waals surface area (Å²) < 4.78 is 36.9. The lowest BCUT2D eigenvalue weighted by Crippen LogP contribution is -2.50. The van der Waals surface area contributed by atoms with E-state index in [9.17, 15) is 18.0 Å². The molecule has 1 aliphatic rings. The van der Waals surface area contributed by atoms with E-state index in [1.165, 1.54) is 12.1 Å². The fourth-order valence-corrected chi connectivity index (χ4v) is 1.71. The standard InChI is InChI=1S/C11H10F3NO2/c12-11(13,14)8-1-3-9(4-2-8)15-5-7(6-15)10(16)17/h1-4,7H,5-6H2,(H,16,17). The normalized spacial score (nSPS) is 16.8. The van der Waals surface area contributed by atoms with Crippen LogP contribution in [0.25, 0.3) is 0 Å². The average molecular weight is 245 g/mol. The molecule has 1 aromatic carbocycles. The van der Waals surface area contributed by atoms with Gasteiger partial charge in [-0.1, -0.05) is 0 Å². The molecule has 0 saturated carbocycles. The smallest absolute Gasteiger partial charge is 0.416 e. The zero-order valence-electron chi connectivity index (χ0n) is 8.74. The maximum absolute atomic E-state index is 12.3. The van der Waals surface area contributed by atoms with Gasteiger partial charge in [0.2, 0.25) is 0 Å². The lowest BCUT2D eigenvalue weighted by molar-refractivity contribution is -0.142. The van der Waals surface area contributed by atoms with E-state index in [0.29, 0.717) is 18.8 Å². The Morgan fingerprint density at radius 3 is 2.18 bits per heavy atom. The molecule has 1 aliphatic heterocycles. The Hall–Kier alpha value is -1.72. The van der Waals surface area contributed by atoms with Crippen LogP contribution in [0.3, 0.4) is 0 Å². The molecule has 17 heavy (non-hydrogen) atoms. The molecular formula is C11H10F3NO2. The highest BCUT2D eigenvalue weighted by Crippen LogP contribution is 2.32. The number of alkyl halides is 3. The summed E-state index contributed by atoms with van der Waals surface area (Å²) in [6.45, 7) is 0.696. The Bertz CT molecular complexity index is 421. The van der Waals surface area contributed by atoms with Gasteiger partial charge in [-0.25, -0.2) is 0 Å². The van der Waals surface area contributed by atoms with Gasteiger partial charge >= 0.3 is 12.1 Å². The molecule has 1 saturated heterocycles. The van der Waals surface area contributed by atoms with Crippen molar-refractivity contribution in [2.24, 2.45) is 5.92 Å². The van der Waals surface area contributed by atoms with Crippen LogP contribution in [0, 0.1) is 5.92 Å². The van der Waals surface area contributed by atoms with E-state index in [-0.39, 0.29) is 0 Å². The largest absolute Gasteiger partial charge is 0.481 e. The molecule has 0 amide bonds. The lowest BCUT2D eigenvalue weighted by Gasteiger charge is -2.38. The number of carboxylic acids is 1. The van der Waals surface area contributed by atoms with E-state index in [4.69, 9.17) is 5.11 Å². The Kier molecular flexibility index (Phi) is 2.73. The van der Waals surface area contributed by atoms with E-state index in [0.717, 1.165) is 12.1 Å². The van der Waals surface area contributed by atoms with Gasteiger partial charge in [-0.05, 0) is 24.3 Å². The summed E-state index contributed by atoms with van der Waals surface area (Å²) in [4.78, 5) is 12.3. The lowest BCUT2D eigenvalue weighted by atomic mass is 9.99. The molecule has 0 unspecified atom stereocenters. The first-order valence-electron chi connectivity index (χ1n) is 5.03. The number of anilines is 1. The van der Waals surface area contributed by atoms with E-state index in [1.54, 1.807) is 4.90 Å².